The van der Waals surface area contributed by atoms with E-state index in [0.717, 1.165) is 12.8 Å². The molecule has 0 radical (unpaired) electrons. The molecule has 2 aromatic rings. The van der Waals surface area contributed by atoms with E-state index < -0.39 is 5.82 Å². The van der Waals surface area contributed by atoms with Gasteiger partial charge in [-0.15, -0.1) is 12.4 Å². The summed E-state index contributed by atoms with van der Waals surface area (Å²) in [6, 6.07) is 9.06. The van der Waals surface area contributed by atoms with Crippen molar-refractivity contribution in [1.82, 2.24) is 10.2 Å². The molecule has 1 fully saturated rings. The van der Waals surface area contributed by atoms with Crippen molar-refractivity contribution in [1.29, 1.82) is 0 Å². The molecule has 140 valence electrons. The lowest BCUT2D eigenvalue weighted by atomic mass is 9.98. The maximum absolute atomic E-state index is 14.6. The van der Waals surface area contributed by atoms with Crippen LogP contribution in [0.25, 0.3) is 11.1 Å². The topological polar surface area (TPSA) is 32.3 Å². The number of likely N-dealkylation sites (N-methyl/N-ethyl adjacent to an activating group) is 1. The van der Waals surface area contributed by atoms with Gasteiger partial charge >= 0.3 is 0 Å². The number of piperidine rings is 1. The average molecular weight is 381 g/mol. The highest BCUT2D eigenvalue weighted by Gasteiger charge is 2.24. The number of aryl methyl sites for hydroxylation is 1. The minimum Gasteiger partial charge on any atom is -0.337 e. The minimum atomic E-state index is -0.470. The number of rotatable bonds is 3. The van der Waals surface area contributed by atoms with Crippen molar-refractivity contribution in [3.05, 3.63) is 59.2 Å². The maximum Gasteiger partial charge on any atom is 0.254 e. The molecule has 3 rings (SSSR count). The van der Waals surface area contributed by atoms with Gasteiger partial charge in [0, 0.05) is 30.3 Å². The van der Waals surface area contributed by atoms with Crippen LogP contribution in [-0.4, -0.2) is 37.0 Å². The van der Waals surface area contributed by atoms with Gasteiger partial charge in [0.25, 0.3) is 5.91 Å². The van der Waals surface area contributed by atoms with Gasteiger partial charge < -0.3 is 10.2 Å². The number of hydrogen-bond donors (Lipinski definition) is 1. The molecule has 1 N–H and O–H groups in total. The number of nitrogens with one attached hydrogen (secondary N) is 1. The predicted octanol–water partition coefficient (Wildman–Crippen LogP) is 4.19. The Morgan fingerprint density at radius 3 is 2.54 bits per heavy atom. The first-order valence-electron chi connectivity index (χ1n) is 8.52. The van der Waals surface area contributed by atoms with E-state index in [-0.39, 0.29) is 30.2 Å². The molecule has 0 aliphatic carbocycles. The van der Waals surface area contributed by atoms with E-state index in [0.29, 0.717) is 35.3 Å². The zero-order valence-electron chi connectivity index (χ0n) is 14.9. The highest BCUT2D eigenvalue weighted by Crippen LogP contribution is 2.28. The van der Waals surface area contributed by atoms with Crippen LogP contribution in [0.15, 0.2) is 36.4 Å². The molecule has 0 aromatic heterocycles. The SMILES string of the molecule is CNC1CCCN(C(=O)c2ccc(-c3ccc(F)cc3C)c(F)c2)C1.Cl. The van der Waals surface area contributed by atoms with Crippen molar-refractivity contribution in [3.8, 4) is 11.1 Å². The van der Waals surface area contributed by atoms with E-state index >= 15 is 0 Å². The van der Waals surface area contributed by atoms with Crippen LogP contribution in [0.3, 0.4) is 0 Å². The Morgan fingerprint density at radius 2 is 1.88 bits per heavy atom. The molecule has 3 nitrogen and oxygen atoms in total. The van der Waals surface area contributed by atoms with Crippen molar-refractivity contribution in [2.45, 2.75) is 25.8 Å². The Morgan fingerprint density at radius 1 is 1.15 bits per heavy atom. The Labute approximate surface area is 158 Å². The largest absolute Gasteiger partial charge is 0.337 e. The number of amides is 1. The molecule has 1 aliphatic rings. The van der Waals surface area contributed by atoms with Gasteiger partial charge in [-0.3, -0.25) is 4.79 Å². The van der Waals surface area contributed by atoms with Crippen LogP contribution < -0.4 is 5.32 Å². The third kappa shape index (κ3) is 4.22. The molecule has 0 saturated carbocycles. The first kappa shape index (κ1) is 20.3. The van der Waals surface area contributed by atoms with Gasteiger partial charge in [0.05, 0.1) is 0 Å². The van der Waals surface area contributed by atoms with Gasteiger partial charge in [0.2, 0.25) is 0 Å². The summed E-state index contributed by atoms with van der Waals surface area (Å²) in [6.45, 7) is 3.07. The van der Waals surface area contributed by atoms with Crippen molar-refractivity contribution >= 4 is 18.3 Å². The second-order valence-corrected chi connectivity index (χ2v) is 6.53. The summed E-state index contributed by atoms with van der Waals surface area (Å²) in [5, 5.41) is 3.19. The summed E-state index contributed by atoms with van der Waals surface area (Å²) in [4.78, 5) is 14.4. The fourth-order valence-electron chi connectivity index (χ4n) is 3.38. The van der Waals surface area contributed by atoms with Crippen molar-refractivity contribution in [2.75, 3.05) is 20.1 Å². The van der Waals surface area contributed by atoms with E-state index in [1.807, 2.05) is 7.05 Å². The summed E-state index contributed by atoms with van der Waals surface area (Å²) < 4.78 is 27.9. The first-order chi connectivity index (χ1) is 12.0. The number of hydrogen-bond acceptors (Lipinski definition) is 2. The summed E-state index contributed by atoms with van der Waals surface area (Å²) in [6.07, 6.45) is 1.98. The monoisotopic (exact) mass is 380 g/mol. The zero-order chi connectivity index (χ0) is 18.0. The third-order valence-electron chi connectivity index (χ3n) is 4.81. The lowest BCUT2D eigenvalue weighted by molar-refractivity contribution is 0.0697. The molecule has 26 heavy (non-hydrogen) atoms. The first-order valence-corrected chi connectivity index (χ1v) is 8.52. The molecule has 1 atom stereocenters. The van der Waals surface area contributed by atoms with E-state index in [1.54, 1.807) is 30.0 Å². The number of benzene rings is 2. The van der Waals surface area contributed by atoms with Gasteiger partial charge in [0.15, 0.2) is 0 Å². The van der Waals surface area contributed by atoms with Crippen molar-refractivity contribution in [2.24, 2.45) is 0 Å². The number of halogens is 3. The molecule has 1 aliphatic heterocycles. The van der Waals surface area contributed by atoms with Gasteiger partial charge in [0.1, 0.15) is 11.6 Å². The summed E-state index contributed by atoms with van der Waals surface area (Å²) in [5.74, 6) is -0.971. The molecule has 1 saturated heterocycles. The summed E-state index contributed by atoms with van der Waals surface area (Å²) in [5.41, 5.74) is 2.01. The minimum absolute atomic E-state index is 0. The van der Waals surface area contributed by atoms with Gasteiger partial charge in [-0.25, -0.2) is 8.78 Å². The summed E-state index contributed by atoms with van der Waals surface area (Å²) in [7, 11) is 1.89. The Balaban J connectivity index is 0.00000243. The average Bonchev–Trinajstić information content (AvgIpc) is 2.61. The number of likely N-dealkylation sites (tertiary alicyclic amines) is 1. The quantitative estimate of drug-likeness (QED) is 0.866. The standard InChI is InChI=1S/C20H22F2N2O.ClH/c1-13-10-15(21)6-8-17(13)18-7-5-14(11-19(18)22)20(25)24-9-3-4-16(12-24)23-2;/h5-8,10-11,16,23H,3-4,9,12H2,1-2H3;1H. The lowest BCUT2D eigenvalue weighted by Gasteiger charge is -2.32. The van der Waals surface area contributed by atoms with Gasteiger partial charge in [-0.1, -0.05) is 12.1 Å². The predicted molar refractivity (Wildman–Crippen MR) is 102 cm³/mol. The second-order valence-electron chi connectivity index (χ2n) is 6.53. The van der Waals surface area contributed by atoms with E-state index in [2.05, 4.69) is 5.32 Å². The second kappa shape index (κ2) is 8.60. The van der Waals surface area contributed by atoms with Crippen molar-refractivity contribution < 1.29 is 13.6 Å². The molecule has 6 heteroatoms. The van der Waals surface area contributed by atoms with E-state index in [1.165, 1.54) is 18.2 Å². The highest BCUT2D eigenvalue weighted by atomic mass is 35.5. The number of nitrogens with zero attached hydrogens (tertiary/aromatic N) is 1. The number of carbonyl (C=O) groups is 1. The van der Waals surface area contributed by atoms with Gasteiger partial charge in [-0.2, -0.15) is 0 Å². The smallest absolute Gasteiger partial charge is 0.254 e. The molecule has 0 spiro atoms. The number of carbonyl (C=O) groups excluding carboxylic acids is 1. The van der Waals surface area contributed by atoms with Crippen LogP contribution in [0.4, 0.5) is 8.78 Å². The fraction of sp³-hybridized carbons (Fsp3) is 0.350. The van der Waals surface area contributed by atoms with E-state index in [4.69, 9.17) is 0 Å². The molecule has 1 amide bonds. The van der Waals surface area contributed by atoms with Gasteiger partial charge in [-0.05, 0) is 62.2 Å². The van der Waals surface area contributed by atoms with Crippen LogP contribution in [0, 0.1) is 18.6 Å². The highest BCUT2D eigenvalue weighted by molar-refractivity contribution is 5.95. The van der Waals surface area contributed by atoms with Crippen LogP contribution in [-0.2, 0) is 0 Å². The van der Waals surface area contributed by atoms with E-state index in [9.17, 15) is 13.6 Å². The lowest BCUT2D eigenvalue weighted by Crippen LogP contribution is -2.46. The van der Waals surface area contributed by atoms with Crippen LogP contribution in [0.5, 0.6) is 0 Å². The normalized spacial score (nSPS) is 16.9. The van der Waals surface area contributed by atoms with Crippen LogP contribution in [0.2, 0.25) is 0 Å². The molecular formula is C20H23ClF2N2O. The molecule has 2 aromatic carbocycles. The fourth-order valence-corrected chi connectivity index (χ4v) is 3.38. The Kier molecular flexibility index (Phi) is 6.73. The zero-order valence-corrected chi connectivity index (χ0v) is 15.7. The Hall–Kier alpha value is -1.98. The summed E-state index contributed by atoms with van der Waals surface area (Å²) >= 11 is 0. The molecular weight excluding hydrogens is 358 g/mol. The third-order valence-corrected chi connectivity index (χ3v) is 4.81. The maximum atomic E-state index is 14.6. The molecule has 1 unspecified atom stereocenters. The van der Waals surface area contributed by atoms with Crippen LogP contribution in [0.1, 0.15) is 28.8 Å². The molecule has 1 heterocycles. The molecule has 0 bridgehead atoms. The Bertz CT molecular complexity index is 797. The van der Waals surface area contributed by atoms with Crippen molar-refractivity contribution in [3.63, 3.8) is 0 Å². The van der Waals surface area contributed by atoms with Crippen LogP contribution >= 0.6 is 12.4 Å².